The Morgan fingerprint density at radius 3 is 2.88 bits per heavy atom. The molecule has 33 heavy (non-hydrogen) atoms. The number of aryl methyl sites for hydroxylation is 1. The van der Waals surface area contributed by atoms with Gasteiger partial charge in [0.15, 0.2) is 5.65 Å². The van der Waals surface area contributed by atoms with E-state index in [-0.39, 0.29) is 23.9 Å². The number of hydrogen-bond acceptors (Lipinski definition) is 7. The molecule has 0 unspecified atom stereocenters. The minimum absolute atomic E-state index is 0.209. The summed E-state index contributed by atoms with van der Waals surface area (Å²) in [5, 5.41) is 10.5. The van der Waals surface area contributed by atoms with Gasteiger partial charge in [0, 0.05) is 30.6 Å². The number of pyridine rings is 1. The third kappa shape index (κ3) is 3.60. The molecule has 5 rings (SSSR count). The predicted molar refractivity (Wildman–Crippen MR) is 120 cm³/mol. The summed E-state index contributed by atoms with van der Waals surface area (Å²) in [4.78, 5) is 21.7. The second-order valence-electron chi connectivity index (χ2n) is 8.13. The number of nitrogens with zero attached hydrogens (tertiary/aromatic N) is 5. The maximum atomic E-state index is 14.1. The van der Waals surface area contributed by atoms with Crippen molar-refractivity contribution in [2.24, 2.45) is 7.05 Å². The first-order valence-corrected chi connectivity index (χ1v) is 10.5. The Morgan fingerprint density at radius 2 is 2.12 bits per heavy atom. The fraction of sp³-hybridized carbons (Fsp3) is 0.273. The Morgan fingerprint density at radius 1 is 1.30 bits per heavy atom. The first-order valence-electron chi connectivity index (χ1n) is 10.5. The topological polar surface area (TPSA) is 124 Å². The van der Waals surface area contributed by atoms with Crippen LogP contribution in [0, 0.1) is 5.82 Å². The van der Waals surface area contributed by atoms with Gasteiger partial charge < -0.3 is 25.7 Å². The summed E-state index contributed by atoms with van der Waals surface area (Å²) in [5.74, 6) is 0.175. The van der Waals surface area contributed by atoms with Crippen molar-refractivity contribution in [3.63, 3.8) is 0 Å². The van der Waals surface area contributed by atoms with Crippen molar-refractivity contribution < 1.29 is 13.9 Å². The van der Waals surface area contributed by atoms with Gasteiger partial charge in [-0.3, -0.25) is 4.79 Å². The smallest absolute Gasteiger partial charge is 0.256 e. The highest BCUT2D eigenvalue weighted by molar-refractivity contribution is 6.01. The number of aromatic nitrogens is 5. The van der Waals surface area contributed by atoms with Crippen molar-refractivity contribution in [3.05, 3.63) is 53.9 Å². The summed E-state index contributed by atoms with van der Waals surface area (Å²) in [7, 11) is 1.90. The first kappa shape index (κ1) is 20.7. The molecule has 0 spiro atoms. The monoisotopic (exact) mass is 450 g/mol. The maximum Gasteiger partial charge on any atom is 0.256 e. The van der Waals surface area contributed by atoms with E-state index in [4.69, 9.17) is 15.5 Å². The largest absolute Gasteiger partial charge is 0.473 e. The molecule has 0 aliphatic carbocycles. The molecule has 0 aromatic carbocycles. The lowest BCUT2D eigenvalue weighted by molar-refractivity contribution is 0.0932. The highest BCUT2D eigenvalue weighted by atomic mass is 19.1. The number of halogens is 1. The number of anilines is 2. The van der Waals surface area contributed by atoms with Gasteiger partial charge in [-0.25, -0.2) is 14.4 Å². The van der Waals surface area contributed by atoms with E-state index in [0.29, 0.717) is 28.4 Å². The molecule has 4 aromatic heterocycles. The Bertz CT molecular complexity index is 1380. The number of rotatable bonds is 1. The zero-order valence-electron chi connectivity index (χ0n) is 18.3. The van der Waals surface area contributed by atoms with Gasteiger partial charge in [-0.2, -0.15) is 9.61 Å². The molecule has 1 amide bonds. The number of carbonyl (C=O) groups is 1. The third-order valence-corrected chi connectivity index (χ3v) is 5.58. The summed E-state index contributed by atoms with van der Waals surface area (Å²) < 4.78 is 23.4. The van der Waals surface area contributed by atoms with Crippen LogP contribution in [0.25, 0.3) is 16.8 Å². The van der Waals surface area contributed by atoms with Crippen LogP contribution in [0.3, 0.4) is 0 Å². The molecule has 2 atom stereocenters. The quantitative estimate of drug-likeness (QED) is 0.407. The van der Waals surface area contributed by atoms with Gasteiger partial charge in [0.2, 0.25) is 5.88 Å². The van der Waals surface area contributed by atoms with Gasteiger partial charge in [-0.05, 0) is 26.0 Å². The highest BCUT2D eigenvalue weighted by Crippen LogP contribution is 2.36. The molecule has 0 saturated carbocycles. The Balaban J connectivity index is 1.75. The number of ether oxygens (including phenoxy) is 1. The van der Waals surface area contributed by atoms with Gasteiger partial charge in [-0.15, -0.1) is 0 Å². The van der Waals surface area contributed by atoms with Gasteiger partial charge in [0.05, 0.1) is 30.5 Å². The minimum atomic E-state index is -0.486. The van der Waals surface area contributed by atoms with Crippen LogP contribution in [0.15, 0.2) is 36.9 Å². The molecule has 2 bridgehead atoms. The van der Waals surface area contributed by atoms with Crippen LogP contribution in [-0.2, 0) is 7.05 Å². The number of amides is 1. The minimum Gasteiger partial charge on any atom is -0.473 e. The summed E-state index contributed by atoms with van der Waals surface area (Å²) >= 11 is 0. The van der Waals surface area contributed by atoms with Crippen molar-refractivity contribution in [1.29, 1.82) is 0 Å². The number of carbonyl (C=O) groups excluding carboxylic acids is 1. The lowest BCUT2D eigenvalue weighted by Crippen LogP contribution is -2.34. The van der Waals surface area contributed by atoms with Crippen molar-refractivity contribution in [2.75, 3.05) is 17.6 Å². The van der Waals surface area contributed by atoms with Crippen molar-refractivity contribution in [1.82, 2.24) is 29.5 Å². The molecule has 170 valence electrons. The van der Waals surface area contributed by atoms with Crippen molar-refractivity contribution in [2.45, 2.75) is 26.0 Å². The Hall–Kier alpha value is -4.15. The van der Waals surface area contributed by atoms with Crippen LogP contribution >= 0.6 is 0 Å². The van der Waals surface area contributed by atoms with Crippen LogP contribution < -0.4 is 21.1 Å². The zero-order valence-corrected chi connectivity index (χ0v) is 18.3. The summed E-state index contributed by atoms with van der Waals surface area (Å²) in [6.07, 6.45) is 5.92. The molecule has 4 N–H and O–H groups in total. The summed E-state index contributed by atoms with van der Waals surface area (Å²) in [5.41, 5.74) is 9.06. The molecule has 0 fully saturated rings. The van der Waals surface area contributed by atoms with E-state index in [9.17, 15) is 9.18 Å². The van der Waals surface area contributed by atoms with Gasteiger partial charge in [-0.1, -0.05) is 0 Å². The molecule has 4 aromatic rings. The molecule has 11 heteroatoms. The first-order chi connectivity index (χ1) is 15.8. The molecule has 5 heterocycles. The molecule has 0 radical (unpaired) electrons. The number of hydrogen-bond donors (Lipinski definition) is 3. The lowest BCUT2D eigenvalue weighted by Gasteiger charge is -2.22. The highest BCUT2D eigenvalue weighted by Gasteiger charge is 2.25. The standard InChI is InChI=1S/C22H23FN8O2/c1-11-7-25-21(32)16-9-27-31-18(24)17(13-4-5-30(3)10-13)19(29-20(16)31)28-12(2)15-6-14(23)8-26-22(15)33-11/h4-6,8-12H,7,24H2,1-3H3,(H,25,32)(H,28,29)/t11-,12+/m0/s1. The predicted octanol–water partition coefficient (Wildman–Crippen LogP) is 2.53. The molecule has 10 nitrogen and oxygen atoms in total. The molecule has 1 aliphatic heterocycles. The van der Waals surface area contributed by atoms with E-state index in [1.807, 2.05) is 37.0 Å². The van der Waals surface area contributed by atoms with Crippen LogP contribution in [0.1, 0.15) is 35.8 Å². The van der Waals surface area contributed by atoms with Crippen LogP contribution in [0.2, 0.25) is 0 Å². The average Bonchev–Trinajstić information content (AvgIpc) is 3.39. The van der Waals surface area contributed by atoms with E-state index in [0.717, 1.165) is 11.8 Å². The van der Waals surface area contributed by atoms with Crippen molar-refractivity contribution >= 4 is 23.2 Å². The van der Waals surface area contributed by atoms with E-state index >= 15 is 0 Å². The molecule has 1 aliphatic rings. The molecule has 0 saturated heterocycles. The third-order valence-electron chi connectivity index (χ3n) is 5.58. The SMILES string of the molecule is C[C@H]1CNC(=O)c2cnn3c(N)c(-c4ccn(C)c4)c(nc23)N[C@H](C)c2cc(F)cnc2O1. The van der Waals surface area contributed by atoms with Gasteiger partial charge in [0.1, 0.15) is 29.1 Å². The zero-order chi connectivity index (χ0) is 23.3. The Kier molecular flexibility index (Phi) is 4.88. The maximum absolute atomic E-state index is 14.1. The summed E-state index contributed by atoms with van der Waals surface area (Å²) in [6.45, 7) is 3.86. The fourth-order valence-corrected chi connectivity index (χ4v) is 3.91. The van der Waals surface area contributed by atoms with Crippen LogP contribution in [0.5, 0.6) is 5.88 Å². The lowest BCUT2D eigenvalue weighted by atomic mass is 10.1. The second-order valence-corrected chi connectivity index (χ2v) is 8.13. The van der Waals surface area contributed by atoms with E-state index in [2.05, 4.69) is 20.7 Å². The van der Waals surface area contributed by atoms with Gasteiger partial charge in [0.25, 0.3) is 5.91 Å². The number of nitrogens with one attached hydrogen (secondary N) is 2. The summed E-state index contributed by atoms with van der Waals surface area (Å²) in [6, 6.07) is 2.84. The van der Waals surface area contributed by atoms with Gasteiger partial charge >= 0.3 is 0 Å². The second kappa shape index (κ2) is 7.76. The normalized spacial score (nSPS) is 18.5. The molecular weight excluding hydrogens is 427 g/mol. The van der Waals surface area contributed by atoms with E-state index in [1.165, 1.54) is 16.8 Å². The van der Waals surface area contributed by atoms with Crippen molar-refractivity contribution in [3.8, 4) is 17.0 Å². The number of fused-ring (bicyclic) bond motifs is 2. The molecular formula is C22H23FN8O2. The number of nitrogen functional groups attached to an aromatic ring is 1. The Labute approximate surface area is 188 Å². The average molecular weight is 450 g/mol. The van der Waals surface area contributed by atoms with E-state index in [1.54, 1.807) is 6.92 Å². The number of nitrogens with two attached hydrogens (primary N) is 1. The van der Waals surface area contributed by atoms with E-state index < -0.39 is 18.0 Å². The van der Waals surface area contributed by atoms with Crippen LogP contribution in [-0.4, -0.2) is 42.7 Å². The fourth-order valence-electron chi connectivity index (χ4n) is 3.91. The van der Waals surface area contributed by atoms with Crippen LogP contribution in [0.4, 0.5) is 16.0 Å².